The Balaban J connectivity index is 2.19. The van der Waals surface area contributed by atoms with E-state index in [4.69, 9.17) is 11.6 Å². The van der Waals surface area contributed by atoms with Crippen LogP contribution in [0.3, 0.4) is 0 Å². The Morgan fingerprint density at radius 1 is 1.42 bits per heavy atom. The van der Waals surface area contributed by atoms with E-state index in [1.54, 1.807) is 6.07 Å². The zero-order chi connectivity index (χ0) is 13.8. The third-order valence-corrected chi connectivity index (χ3v) is 3.11. The number of hydrogen-bond acceptors (Lipinski definition) is 3. The highest BCUT2D eigenvalue weighted by Gasteiger charge is 2.13. The number of nitro groups is 1. The van der Waals surface area contributed by atoms with Crippen LogP contribution in [0.1, 0.15) is 12.6 Å². The predicted octanol–water partition coefficient (Wildman–Crippen LogP) is 3.68. The second kappa shape index (κ2) is 5.75. The lowest BCUT2D eigenvalue weighted by Crippen LogP contribution is -2.07. The molecular formula is C13H14ClN3O2. The van der Waals surface area contributed by atoms with E-state index >= 15 is 0 Å². The van der Waals surface area contributed by atoms with Crippen LogP contribution in [-0.4, -0.2) is 9.49 Å². The average Bonchev–Trinajstić information content (AvgIpc) is 2.83. The topological polar surface area (TPSA) is 60.1 Å². The summed E-state index contributed by atoms with van der Waals surface area (Å²) < 4.78 is 2.07. The Bertz CT molecular complexity index is 595. The van der Waals surface area contributed by atoms with Crippen molar-refractivity contribution in [3.8, 4) is 0 Å². The van der Waals surface area contributed by atoms with Crippen molar-refractivity contribution in [3.63, 3.8) is 0 Å². The number of hydrogen-bond donors (Lipinski definition) is 1. The Morgan fingerprint density at radius 2 is 2.21 bits per heavy atom. The molecule has 0 saturated heterocycles. The van der Waals surface area contributed by atoms with E-state index in [0.717, 1.165) is 12.2 Å². The van der Waals surface area contributed by atoms with E-state index in [1.165, 1.54) is 12.1 Å². The van der Waals surface area contributed by atoms with Crippen LogP contribution < -0.4 is 5.32 Å². The molecule has 0 bridgehead atoms. The summed E-state index contributed by atoms with van der Waals surface area (Å²) in [4.78, 5) is 10.5. The van der Waals surface area contributed by atoms with E-state index in [-0.39, 0.29) is 5.69 Å². The number of nitrogens with one attached hydrogen (secondary N) is 1. The van der Waals surface area contributed by atoms with Gasteiger partial charge in [0, 0.05) is 29.5 Å². The molecule has 2 aromatic rings. The number of anilines is 1. The molecule has 0 aliphatic rings. The molecule has 0 aliphatic carbocycles. The van der Waals surface area contributed by atoms with Crippen LogP contribution >= 0.6 is 11.6 Å². The summed E-state index contributed by atoms with van der Waals surface area (Å²) in [5.41, 5.74) is 1.53. The highest BCUT2D eigenvalue weighted by Crippen LogP contribution is 2.28. The van der Waals surface area contributed by atoms with Gasteiger partial charge in [-0.25, -0.2) is 0 Å². The summed E-state index contributed by atoms with van der Waals surface area (Å²) >= 11 is 5.87. The summed E-state index contributed by atoms with van der Waals surface area (Å²) in [6.45, 7) is 3.43. The van der Waals surface area contributed by atoms with Crippen LogP contribution in [0.2, 0.25) is 5.02 Å². The number of nitrogens with zero attached hydrogens (tertiary/aromatic N) is 2. The Kier molecular flexibility index (Phi) is 4.06. The molecule has 0 radical (unpaired) electrons. The third kappa shape index (κ3) is 3.06. The molecule has 0 amide bonds. The van der Waals surface area contributed by atoms with Crippen molar-refractivity contribution in [1.82, 2.24) is 4.57 Å². The molecule has 5 nitrogen and oxygen atoms in total. The molecule has 2 rings (SSSR count). The van der Waals surface area contributed by atoms with Gasteiger partial charge >= 0.3 is 0 Å². The van der Waals surface area contributed by atoms with E-state index in [9.17, 15) is 10.1 Å². The first-order chi connectivity index (χ1) is 9.11. The average molecular weight is 280 g/mol. The molecule has 0 fully saturated rings. The van der Waals surface area contributed by atoms with E-state index in [0.29, 0.717) is 17.3 Å². The first-order valence-corrected chi connectivity index (χ1v) is 6.31. The lowest BCUT2D eigenvalue weighted by molar-refractivity contribution is -0.384. The number of aromatic nitrogens is 1. The van der Waals surface area contributed by atoms with Gasteiger partial charge in [-0.15, -0.1) is 0 Å². The van der Waals surface area contributed by atoms with Crippen LogP contribution in [-0.2, 0) is 13.1 Å². The summed E-state index contributed by atoms with van der Waals surface area (Å²) in [6.07, 6.45) is 1.98. The predicted molar refractivity (Wildman–Crippen MR) is 75.5 cm³/mol. The molecule has 0 aliphatic heterocycles. The SMILES string of the molecule is CCn1cccc1CNc1cc(Cl)ccc1[N+](=O)[O-]. The molecule has 6 heteroatoms. The molecule has 1 heterocycles. The molecule has 19 heavy (non-hydrogen) atoms. The van der Waals surface area contributed by atoms with Crippen molar-refractivity contribution >= 4 is 23.0 Å². The quantitative estimate of drug-likeness (QED) is 0.671. The van der Waals surface area contributed by atoms with Gasteiger partial charge in [-0.3, -0.25) is 10.1 Å². The van der Waals surface area contributed by atoms with Crippen molar-refractivity contribution < 1.29 is 4.92 Å². The van der Waals surface area contributed by atoms with Gasteiger partial charge in [0.05, 0.1) is 11.5 Å². The molecule has 1 aromatic carbocycles. The van der Waals surface area contributed by atoms with Crippen molar-refractivity contribution in [2.75, 3.05) is 5.32 Å². The maximum Gasteiger partial charge on any atom is 0.292 e. The summed E-state index contributed by atoms with van der Waals surface area (Å²) in [6, 6.07) is 8.42. The number of rotatable bonds is 5. The summed E-state index contributed by atoms with van der Waals surface area (Å²) in [7, 11) is 0. The van der Waals surface area contributed by atoms with Gasteiger partial charge in [0.15, 0.2) is 0 Å². The monoisotopic (exact) mass is 279 g/mol. The van der Waals surface area contributed by atoms with Gasteiger partial charge in [-0.05, 0) is 31.2 Å². The summed E-state index contributed by atoms with van der Waals surface area (Å²) in [5.74, 6) is 0. The Morgan fingerprint density at radius 3 is 2.89 bits per heavy atom. The van der Waals surface area contributed by atoms with Crippen molar-refractivity contribution in [2.45, 2.75) is 20.0 Å². The maximum absolute atomic E-state index is 10.9. The fourth-order valence-corrected chi connectivity index (χ4v) is 2.09. The van der Waals surface area contributed by atoms with Gasteiger partial charge in [-0.2, -0.15) is 0 Å². The van der Waals surface area contributed by atoms with Crippen LogP contribution in [0.5, 0.6) is 0 Å². The molecule has 0 spiro atoms. The van der Waals surface area contributed by atoms with E-state index in [2.05, 4.69) is 9.88 Å². The first-order valence-electron chi connectivity index (χ1n) is 5.93. The van der Waals surface area contributed by atoms with Crippen molar-refractivity contribution in [3.05, 3.63) is 57.4 Å². The zero-order valence-electron chi connectivity index (χ0n) is 10.5. The van der Waals surface area contributed by atoms with Crippen LogP contribution in [0.4, 0.5) is 11.4 Å². The van der Waals surface area contributed by atoms with Crippen LogP contribution in [0.15, 0.2) is 36.5 Å². The van der Waals surface area contributed by atoms with E-state index in [1.807, 2.05) is 25.3 Å². The Labute approximate surface area is 116 Å². The van der Waals surface area contributed by atoms with Crippen molar-refractivity contribution in [2.24, 2.45) is 0 Å². The molecule has 0 unspecified atom stereocenters. The highest BCUT2D eigenvalue weighted by molar-refractivity contribution is 6.31. The zero-order valence-corrected chi connectivity index (χ0v) is 11.2. The second-order valence-electron chi connectivity index (χ2n) is 4.06. The largest absolute Gasteiger partial charge is 0.374 e. The highest BCUT2D eigenvalue weighted by atomic mass is 35.5. The normalized spacial score (nSPS) is 10.4. The first kappa shape index (κ1) is 13.4. The molecule has 100 valence electrons. The lowest BCUT2D eigenvalue weighted by atomic mass is 10.2. The molecule has 0 saturated carbocycles. The molecule has 0 atom stereocenters. The second-order valence-corrected chi connectivity index (χ2v) is 4.49. The van der Waals surface area contributed by atoms with Crippen molar-refractivity contribution in [1.29, 1.82) is 0 Å². The minimum atomic E-state index is -0.419. The molecular weight excluding hydrogens is 266 g/mol. The lowest BCUT2D eigenvalue weighted by Gasteiger charge is -2.10. The van der Waals surface area contributed by atoms with Crippen LogP contribution in [0.25, 0.3) is 0 Å². The van der Waals surface area contributed by atoms with Gasteiger partial charge in [0.25, 0.3) is 5.69 Å². The van der Waals surface area contributed by atoms with Gasteiger partial charge in [0.1, 0.15) is 5.69 Å². The molecule has 1 aromatic heterocycles. The third-order valence-electron chi connectivity index (χ3n) is 2.88. The smallest absolute Gasteiger partial charge is 0.292 e. The fraction of sp³-hybridized carbons (Fsp3) is 0.231. The summed E-state index contributed by atoms with van der Waals surface area (Å²) in [5, 5.41) is 14.5. The maximum atomic E-state index is 10.9. The minimum absolute atomic E-state index is 0.0269. The number of nitro benzene ring substituents is 1. The van der Waals surface area contributed by atoms with Gasteiger partial charge in [0.2, 0.25) is 0 Å². The minimum Gasteiger partial charge on any atom is -0.374 e. The van der Waals surface area contributed by atoms with Crippen LogP contribution in [0, 0.1) is 10.1 Å². The Hall–Kier alpha value is -2.01. The van der Waals surface area contributed by atoms with E-state index < -0.39 is 4.92 Å². The van der Waals surface area contributed by atoms with Gasteiger partial charge < -0.3 is 9.88 Å². The number of benzene rings is 1. The standard InChI is InChI=1S/C13H14ClN3O2/c1-2-16-7-3-4-11(16)9-15-12-8-10(14)5-6-13(12)17(18)19/h3-8,15H,2,9H2,1H3. The number of aryl methyl sites for hydroxylation is 1. The van der Waals surface area contributed by atoms with Gasteiger partial charge in [-0.1, -0.05) is 11.6 Å². The molecule has 1 N–H and O–H groups in total. The number of halogens is 1. The fourth-order valence-electron chi connectivity index (χ4n) is 1.91.